The second kappa shape index (κ2) is 7.87. The minimum atomic E-state index is -0.190. The van der Waals surface area contributed by atoms with E-state index < -0.39 is 0 Å². The molecule has 0 saturated carbocycles. The molecule has 0 unspecified atom stereocenters. The van der Waals surface area contributed by atoms with E-state index in [1.54, 1.807) is 11.3 Å². The van der Waals surface area contributed by atoms with E-state index in [-0.39, 0.29) is 18.0 Å². The highest BCUT2D eigenvalue weighted by Crippen LogP contribution is 2.33. The Kier molecular flexibility index (Phi) is 5.32. The van der Waals surface area contributed by atoms with Gasteiger partial charge in [0.05, 0.1) is 25.1 Å². The molecule has 142 valence electrons. The number of amides is 1. The second-order valence-corrected chi connectivity index (χ2v) is 7.85. The largest absolute Gasteiger partial charge is 0.467 e. The third-order valence-corrected chi connectivity index (χ3v) is 5.92. The molecule has 1 saturated heterocycles. The van der Waals surface area contributed by atoms with Crippen molar-refractivity contribution in [3.05, 3.63) is 59.0 Å². The van der Waals surface area contributed by atoms with Gasteiger partial charge in [-0.25, -0.2) is 5.01 Å². The lowest BCUT2D eigenvalue weighted by Crippen LogP contribution is -3.17. The summed E-state index contributed by atoms with van der Waals surface area (Å²) in [4.78, 5) is 14.7. The van der Waals surface area contributed by atoms with Gasteiger partial charge >= 0.3 is 5.91 Å². The molecule has 0 spiro atoms. The molecule has 0 bridgehead atoms. The third kappa shape index (κ3) is 3.80. The molecule has 2 aromatic rings. The number of rotatable bonds is 4. The van der Waals surface area contributed by atoms with Crippen LogP contribution in [0.25, 0.3) is 0 Å². The first-order valence-corrected chi connectivity index (χ1v) is 10.1. The molecule has 27 heavy (non-hydrogen) atoms. The van der Waals surface area contributed by atoms with Gasteiger partial charge in [-0.3, -0.25) is 4.79 Å². The number of likely N-dealkylation sites (tertiary alicyclic amines) is 1. The summed E-state index contributed by atoms with van der Waals surface area (Å²) in [6.07, 6.45) is 5.93. The number of hydrogen-bond donors (Lipinski definition) is 1. The van der Waals surface area contributed by atoms with Crippen LogP contribution in [0, 0.1) is 0 Å². The van der Waals surface area contributed by atoms with Gasteiger partial charge in [0.25, 0.3) is 0 Å². The first-order chi connectivity index (χ1) is 13.1. The Morgan fingerprint density at radius 2 is 1.96 bits per heavy atom. The van der Waals surface area contributed by atoms with Crippen LogP contribution in [0.5, 0.6) is 0 Å². The summed E-state index contributed by atoms with van der Waals surface area (Å²) >= 11 is 6.01. The van der Waals surface area contributed by atoms with Gasteiger partial charge in [0.15, 0.2) is 6.04 Å². The fourth-order valence-corrected chi connectivity index (χ4v) is 4.17. The molecule has 1 fully saturated rings. The van der Waals surface area contributed by atoms with E-state index in [0.717, 1.165) is 30.1 Å². The first-order valence-electron chi connectivity index (χ1n) is 9.68. The summed E-state index contributed by atoms with van der Waals surface area (Å²) in [7, 11) is 0. The number of nitrogens with zero attached hydrogens (tertiary/aromatic N) is 2. The maximum absolute atomic E-state index is 13.3. The fraction of sp³-hybridized carbons (Fsp3) is 0.429. The van der Waals surface area contributed by atoms with Crippen molar-refractivity contribution in [3.8, 4) is 0 Å². The van der Waals surface area contributed by atoms with Crippen LogP contribution in [-0.4, -0.2) is 35.8 Å². The Morgan fingerprint density at radius 3 is 2.63 bits per heavy atom. The van der Waals surface area contributed by atoms with Crippen LogP contribution in [-0.2, 0) is 4.79 Å². The monoisotopic (exact) mass is 386 g/mol. The first kappa shape index (κ1) is 18.3. The predicted octanol–water partition coefficient (Wildman–Crippen LogP) is 3.07. The molecular formula is C21H25ClN3O2+. The summed E-state index contributed by atoms with van der Waals surface area (Å²) < 4.78 is 5.63. The number of hydrogen-bond acceptors (Lipinski definition) is 3. The SMILES string of the molecule is C[C@H](C(=O)N1N=C(c2ccc(Cl)cc2)C[C@@H]1c1ccco1)[NH+]1CCCCC1. The standard InChI is InChI=1S/C21H24ClN3O2/c1-15(24-11-3-2-4-12-24)21(26)25-19(20-6-5-13-27-20)14-18(23-25)16-7-9-17(22)10-8-16/h5-10,13,15,19H,2-4,11-12,14H2,1H3/p+1/t15-,19-/m1/s1. The molecule has 2 aliphatic heterocycles. The molecule has 4 rings (SSSR count). The number of nitrogens with one attached hydrogen (secondary N) is 1. The van der Waals surface area contributed by atoms with Gasteiger partial charge in [0, 0.05) is 11.4 Å². The highest BCUT2D eigenvalue weighted by atomic mass is 35.5. The van der Waals surface area contributed by atoms with Crippen molar-refractivity contribution in [2.24, 2.45) is 5.10 Å². The summed E-state index contributed by atoms with van der Waals surface area (Å²) in [5.74, 6) is 0.842. The minimum Gasteiger partial charge on any atom is -0.467 e. The van der Waals surface area contributed by atoms with Crippen LogP contribution >= 0.6 is 11.6 Å². The number of benzene rings is 1. The minimum absolute atomic E-state index is 0.0669. The van der Waals surface area contributed by atoms with E-state index in [2.05, 4.69) is 0 Å². The van der Waals surface area contributed by atoms with Crippen LogP contribution in [0.2, 0.25) is 5.02 Å². The normalized spacial score (nSPS) is 21.9. The number of hydrazone groups is 1. The lowest BCUT2D eigenvalue weighted by molar-refractivity contribution is -0.919. The van der Waals surface area contributed by atoms with Crippen LogP contribution in [0.15, 0.2) is 52.2 Å². The van der Waals surface area contributed by atoms with E-state index in [1.165, 1.54) is 24.2 Å². The van der Waals surface area contributed by atoms with Crippen molar-refractivity contribution in [1.29, 1.82) is 0 Å². The third-order valence-electron chi connectivity index (χ3n) is 5.66. The highest BCUT2D eigenvalue weighted by molar-refractivity contribution is 6.30. The Morgan fingerprint density at radius 1 is 1.22 bits per heavy atom. The maximum atomic E-state index is 13.3. The molecule has 2 aliphatic rings. The molecule has 0 radical (unpaired) electrons. The molecular weight excluding hydrogens is 362 g/mol. The quantitative estimate of drug-likeness (QED) is 0.877. The zero-order chi connectivity index (χ0) is 18.8. The predicted molar refractivity (Wildman–Crippen MR) is 105 cm³/mol. The lowest BCUT2D eigenvalue weighted by Gasteiger charge is -2.31. The van der Waals surface area contributed by atoms with E-state index in [4.69, 9.17) is 21.1 Å². The molecule has 1 aromatic carbocycles. The summed E-state index contributed by atoms with van der Waals surface area (Å²) in [6, 6.07) is 11.1. The molecule has 1 amide bonds. The molecule has 6 heteroatoms. The molecule has 1 N–H and O–H groups in total. The Balaban J connectivity index is 1.61. The van der Waals surface area contributed by atoms with E-state index >= 15 is 0 Å². The van der Waals surface area contributed by atoms with Gasteiger partial charge in [-0.2, -0.15) is 5.10 Å². The zero-order valence-corrected chi connectivity index (χ0v) is 16.3. The fourth-order valence-electron chi connectivity index (χ4n) is 4.04. The van der Waals surface area contributed by atoms with Crippen molar-refractivity contribution < 1.29 is 14.1 Å². The second-order valence-electron chi connectivity index (χ2n) is 7.41. The van der Waals surface area contributed by atoms with Gasteiger partial charge in [0.1, 0.15) is 11.8 Å². The molecule has 1 aromatic heterocycles. The highest BCUT2D eigenvalue weighted by Gasteiger charge is 2.39. The molecule has 5 nitrogen and oxygen atoms in total. The Labute approximate surface area is 164 Å². The van der Waals surface area contributed by atoms with E-state index in [1.807, 2.05) is 43.3 Å². The number of carbonyl (C=O) groups excluding carboxylic acids is 1. The van der Waals surface area contributed by atoms with Crippen LogP contribution in [0.3, 0.4) is 0 Å². The smallest absolute Gasteiger partial charge is 0.301 e. The van der Waals surface area contributed by atoms with Crippen molar-refractivity contribution in [3.63, 3.8) is 0 Å². The van der Waals surface area contributed by atoms with Gasteiger partial charge in [-0.15, -0.1) is 0 Å². The molecule has 0 aliphatic carbocycles. The van der Waals surface area contributed by atoms with Crippen molar-refractivity contribution in [1.82, 2.24) is 5.01 Å². The number of furan rings is 1. The number of carbonyl (C=O) groups is 1. The van der Waals surface area contributed by atoms with Crippen molar-refractivity contribution >= 4 is 23.2 Å². The summed E-state index contributed by atoms with van der Waals surface area (Å²) in [5.41, 5.74) is 1.88. The Bertz CT molecular complexity index is 810. The van der Waals surface area contributed by atoms with Gasteiger partial charge in [0.2, 0.25) is 0 Å². The maximum Gasteiger partial charge on any atom is 0.301 e. The summed E-state index contributed by atoms with van der Waals surface area (Å²) in [5, 5.41) is 7.06. The van der Waals surface area contributed by atoms with Gasteiger partial charge in [-0.1, -0.05) is 23.7 Å². The molecule has 3 heterocycles. The number of quaternary nitrogens is 1. The average molecular weight is 387 g/mol. The van der Waals surface area contributed by atoms with Gasteiger partial charge < -0.3 is 9.32 Å². The number of halogens is 1. The van der Waals surface area contributed by atoms with Crippen LogP contribution in [0.4, 0.5) is 0 Å². The zero-order valence-electron chi connectivity index (χ0n) is 15.5. The summed E-state index contributed by atoms with van der Waals surface area (Å²) in [6.45, 7) is 4.14. The van der Waals surface area contributed by atoms with Crippen LogP contribution < -0.4 is 4.90 Å². The number of piperidine rings is 1. The van der Waals surface area contributed by atoms with E-state index in [0.29, 0.717) is 11.4 Å². The topological polar surface area (TPSA) is 50.2 Å². The van der Waals surface area contributed by atoms with Crippen molar-refractivity contribution in [2.75, 3.05) is 13.1 Å². The van der Waals surface area contributed by atoms with Gasteiger partial charge in [-0.05, 0) is 56.0 Å². The Hall–Kier alpha value is -2.11. The van der Waals surface area contributed by atoms with E-state index in [9.17, 15) is 4.79 Å². The molecule has 2 atom stereocenters. The van der Waals surface area contributed by atoms with Crippen LogP contribution in [0.1, 0.15) is 50.0 Å². The lowest BCUT2D eigenvalue weighted by atomic mass is 10.0. The average Bonchev–Trinajstić information content (AvgIpc) is 3.38. The van der Waals surface area contributed by atoms with Crippen molar-refractivity contribution in [2.45, 2.75) is 44.7 Å².